The normalized spacial score (nSPS) is 18.1. The molecule has 0 radical (unpaired) electrons. The number of ether oxygens (including phenoxy) is 1. The molecule has 2 aromatic carbocycles. The molecule has 2 amide bonds. The monoisotopic (exact) mass is 372 g/mol. The van der Waals surface area contributed by atoms with E-state index >= 15 is 0 Å². The second-order valence-corrected chi connectivity index (χ2v) is 7.14. The first-order chi connectivity index (χ1) is 12.4. The van der Waals surface area contributed by atoms with Crippen LogP contribution in [0.5, 0.6) is 0 Å². The molecule has 2 atom stereocenters. The summed E-state index contributed by atoms with van der Waals surface area (Å²) < 4.78 is 5.15. The van der Waals surface area contributed by atoms with E-state index in [4.69, 9.17) is 22.1 Å². The number of hydrogen-bond donors (Lipinski definition) is 1. The first-order valence-corrected chi connectivity index (χ1v) is 8.86. The first kappa shape index (κ1) is 18.3. The highest BCUT2D eigenvalue weighted by Crippen LogP contribution is 2.34. The predicted octanol–water partition coefficient (Wildman–Crippen LogP) is 3.86. The summed E-state index contributed by atoms with van der Waals surface area (Å²) in [5, 5.41) is 0.613. The Bertz CT molecular complexity index is 820. The Morgan fingerprint density at radius 1 is 1.15 bits per heavy atom. The minimum Gasteiger partial charge on any atom is -0.434 e. The maximum absolute atomic E-state index is 12.4. The van der Waals surface area contributed by atoms with Crippen LogP contribution in [0.3, 0.4) is 0 Å². The van der Waals surface area contributed by atoms with Crippen LogP contribution in [-0.2, 0) is 9.53 Å². The summed E-state index contributed by atoms with van der Waals surface area (Å²) >= 11 is 6.02. The zero-order chi connectivity index (χ0) is 18.8. The average molecular weight is 373 g/mol. The number of rotatable bonds is 5. The van der Waals surface area contributed by atoms with Crippen LogP contribution in [0.4, 0.5) is 4.79 Å². The second kappa shape index (κ2) is 7.38. The minimum atomic E-state index is -0.939. The average Bonchev–Trinajstić information content (AvgIpc) is 2.99. The van der Waals surface area contributed by atoms with Crippen molar-refractivity contribution in [2.45, 2.75) is 31.9 Å². The van der Waals surface area contributed by atoms with Gasteiger partial charge in [0.05, 0.1) is 12.6 Å². The lowest BCUT2D eigenvalue weighted by Gasteiger charge is -2.27. The van der Waals surface area contributed by atoms with Crippen molar-refractivity contribution in [1.82, 2.24) is 4.90 Å². The molecule has 1 aliphatic heterocycles. The molecule has 136 valence electrons. The SMILES string of the molecule is CC(C)c1cccc([C@@H](c2ccc(Cl)cc2)N2CC(C(N)=O)OC2=O)c1. The van der Waals surface area contributed by atoms with Gasteiger partial charge in [-0.1, -0.05) is 61.8 Å². The summed E-state index contributed by atoms with van der Waals surface area (Å²) in [6.07, 6.45) is -1.49. The molecular weight excluding hydrogens is 352 g/mol. The van der Waals surface area contributed by atoms with E-state index in [-0.39, 0.29) is 12.6 Å². The van der Waals surface area contributed by atoms with E-state index in [2.05, 4.69) is 26.0 Å². The van der Waals surface area contributed by atoms with Crippen LogP contribution in [0.25, 0.3) is 0 Å². The number of amides is 2. The Hall–Kier alpha value is -2.53. The molecule has 0 aliphatic carbocycles. The minimum absolute atomic E-state index is 0.118. The molecular formula is C20H21ClN2O3. The van der Waals surface area contributed by atoms with Gasteiger partial charge in [-0.15, -0.1) is 0 Å². The van der Waals surface area contributed by atoms with Gasteiger partial charge < -0.3 is 10.5 Å². The molecule has 3 rings (SSSR count). The Morgan fingerprint density at radius 2 is 1.81 bits per heavy atom. The molecule has 0 bridgehead atoms. The number of nitrogens with zero attached hydrogens (tertiary/aromatic N) is 1. The zero-order valence-electron chi connectivity index (χ0n) is 14.7. The molecule has 1 unspecified atom stereocenters. The largest absolute Gasteiger partial charge is 0.434 e. The van der Waals surface area contributed by atoms with Crippen molar-refractivity contribution >= 4 is 23.6 Å². The number of hydrogen-bond acceptors (Lipinski definition) is 3. The molecule has 1 aliphatic rings. The van der Waals surface area contributed by atoms with E-state index < -0.39 is 18.1 Å². The summed E-state index contributed by atoms with van der Waals surface area (Å²) in [6, 6.07) is 15.0. The van der Waals surface area contributed by atoms with Crippen LogP contribution in [0.1, 0.15) is 42.5 Å². The quantitative estimate of drug-likeness (QED) is 0.866. The number of halogens is 1. The van der Waals surface area contributed by atoms with Gasteiger partial charge in [0.2, 0.25) is 0 Å². The van der Waals surface area contributed by atoms with Gasteiger partial charge >= 0.3 is 6.09 Å². The fourth-order valence-corrected chi connectivity index (χ4v) is 3.25. The van der Waals surface area contributed by atoms with Gasteiger partial charge in [0, 0.05) is 5.02 Å². The van der Waals surface area contributed by atoms with Gasteiger partial charge in [-0.3, -0.25) is 9.69 Å². The van der Waals surface area contributed by atoms with Crippen LogP contribution in [0, 0.1) is 0 Å². The topological polar surface area (TPSA) is 72.6 Å². The number of carbonyl (C=O) groups is 2. The highest BCUT2D eigenvalue weighted by atomic mass is 35.5. The first-order valence-electron chi connectivity index (χ1n) is 8.48. The van der Waals surface area contributed by atoms with E-state index in [0.717, 1.165) is 11.1 Å². The van der Waals surface area contributed by atoms with Gasteiger partial charge in [0.25, 0.3) is 5.91 Å². The van der Waals surface area contributed by atoms with Crippen molar-refractivity contribution in [3.05, 3.63) is 70.2 Å². The van der Waals surface area contributed by atoms with Gasteiger partial charge in [0.15, 0.2) is 6.10 Å². The maximum Gasteiger partial charge on any atom is 0.411 e. The Morgan fingerprint density at radius 3 is 2.38 bits per heavy atom. The summed E-state index contributed by atoms with van der Waals surface area (Å²) in [5.41, 5.74) is 8.32. The van der Waals surface area contributed by atoms with Gasteiger partial charge in [-0.25, -0.2) is 4.79 Å². The van der Waals surface area contributed by atoms with E-state index in [1.807, 2.05) is 24.3 Å². The summed E-state index contributed by atoms with van der Waals surface area (Å²) in [6.45, 7) is 4.35. The number of nitrogens with two attached hydrogens (primary N) is 1. The van der Waals surface area contributed by atoms with Crippen LogP contribution < -0.4 is 5.73 Å². The van der Waals surface area contributed by atoms with Crippen molar-refractivity contribution < 1.29 is 14.3 Å². The predicted molar refractivity (Wildman–Crippen MR) is 100.0 cm³/mol. The molecule has 0 saturated carbocycles. The Labute approximate surface area is 157 Å². The van der Waals surface area contributed by atoms with Crippen molar-refractivity contribution in [2.24, 2.45) is 5.73 Å². The Kier molecular flexibility index (Phi) is 5.18. The van der Waals surface area contributed by atoms with Crippen LogP contribution in [-0.4, -0.2) is 29.5 Å². The number of carbonyl (C=O) groups excluding carboxylic acids is 2. The molecule has 0 spiro atoms. The molecule has 1 fully saturated rings. The third-order valence-corrected chi connectivity index (χ3v) is 4.80. The number of benzene rings is 2. The Balaban J connectivity index is 2.05. The second-order valence-electron chi connectivity index (χ2n) is 6.71. The molecule has 26 heavy (non-hydrogen) atoms. The van der Waals surface area contributed by atoms with Crippen molar-refractivity contribution in [1.29, 1.82) is 0 Å². The summed E-state index contributed by atoms with van der Waals surface area (Å²) in [4.78, 5) is 25.4. The van der Waals surface area contributed by atoms with Crippen molar-refractivity contribution in [3.8, 4) is 0 Å². The number of primary amides is 1. The highest BCUT2D eigenvalue weighted by Gasteiger charge is 2.40. The van der Waals surface area contributed by atoms with E-state index in [0.29, 0.717) is 10.9 Å². The van der Waals surface area contributed by atoms with Crippen molar-refractivity contribution in [2.75, 3.05) is 6.54 Å². The van der Waals surface area contributed by atoms with Crippen LogP contribution in [0.15, 0.2) is 48.5 Å². The van der Waals surface area contributed by atoms with Crippen molar-refractivity contribution in [3.63, 3.8) is 0 Å². The van der Waals surface area contributed by atoms with Gasteiger partial charge in [-0.2, -0.15) is 0 Å². The van der Waals surface area contributed by atoms with Crippen LogP contribution in [0.2, 0.25) is 5.02 Å². The fourth-order valence-electron chi connectivity index (χ4n) is 3.12. The fraction of sp³-hybridized carbons (Fsp3) is 0.300. The third kappa shape index (κ3) is 3.68. The molecule has 5 nitrogen and oxygen atoms in total. The van der Waals surface area contributed by atoms with E-state index in [9.17, 15) is 9.59 Å². The van der Waals surface area contributed by atoms with E-state index in [1.54, 1.807) is 12.1 Å². The molecule has 2 N–H and O–H groups in total. The molecule has 1 saturated heterocycles. The standard InChI is InChI=1S/C20H21ClN2O3/c1-12(2)14-4-3-5-15(10-14)18(13-6-8-16(21)9-7-13)23-11-17(19(22)24)26-20(23)25/h3-10,12,17-18H,11H2,1-2H3,(H2,22,24)/t17?,18-/m1/s1. The van der Waals surface area contributed by atoms with Gasteiger partial charge in [-0.05, 0) is 34.7 Å². The lowest BCUT2D eigenvalue weighted by atomic mass is 9.93. The van der Waals surface area contributed by atoms with E-state index in [1.165, 1.54) is 10.5 Å². The maximum atomic E-state index is 12.4. The molecule has 1 heterocycles. The summed E-state index contributed by atoms with van der Waals surface area (Å²) in [7, 11) is 0. The lowest BCUT2D eigenvalue weighted by molar-refractivity contribution is -0.124. The molecule has 0 aromatic heterocycles. The molecule has 6 heteroatoms. The lowest BCUT2D eigenvalue weighted by Crippen LogP contribution is -2.34. The zero-order valence-corrected chi connectivity index (χ0v) is 15.4. The molecule has 2 aromatic rings. The smallest absolute Gasteiger partial charge is 0.411 e. The van der Waals surface area contributed by atoms with Gasteiger partial charge in [0.1, 0.15) is 0 Å². The summed E-state index contributed by atoms with van der Waals surface area (Å²) in [5.74, 6) is -0.295. The number of cyclic esters (lactones) is 1. The highest BCUT2D eigenvalue weighted by molar-refractivity contribution is 6.30. The third-order valence-electron chi connectivity index (χ3n) is 4.55. The van der Waals surface area contributed by atoms with Crippen LogP contribution >= 0.6 is 11.6 Å².